The van der Waals surface area contributed by atoms with Gasteiger partial charge in [-0.05, 0) is 51.4 Å². The van der Waals surface area contributed by atoms with E-state index in [9.17, 15) is 39.6 Å². The average Bonchev–Trinajstić information content (AvgIpc) is 3.20. The normalized spacial score (nSPS) is 13.4. The first-order valence-corrected chi connectivity index (χ1v) is 24.8. The Labute approximate surface area is 468 Å². The molecule has 0 aliphatic carbocycles. The van der Waals surface area contributed by atoms with Gasteiger partial charge < -0.3 is 51.7 Å². The van der Waals surface area contributed by atoms with Crippen molar-refractivity contribution in [3.05, 3.63) is 0 Å². The molecule has 0 aromatic heterocycles. The molecule has 8 N–H and O–H groups in total. The van der Waals surface area contributed by atoms with Gasteiger partial charge in [-0.1, -0.05) is 141 Å². The number of hydrogen-bond donors (Lipinski definition) is 6. The van der Waals surface area contributed by atoms with Gasteiger partial charge >= 0.3 is 115 Å². The van der Waals surface area contributed by atoms with E-state index < -0.39 is 58.7 Å². The predicted molar refractivity (Wildman–Crippen MR) is 242 cm³/mol. The zero-order valence-electron chi connectivity index (χ0n) is 38.9. The van der Waals surface area contributed by atoms with Crippen LogP contribution in [-0.2, 0) is 19.2 Å². The summed E-state index contributed by atoms with van der Waals surface area (Å²) in [6.07, 6.45) is 25.9. The molecule has 348 valence electrons. The zero-order valence-corrected chi connectivity index (χ0v) is 46.8. The van der Waals surface area contributed by atoms with Crippen LogP contribution in [0.2, 0.25) is 0 Å². The second-order valence-electron chi connectivity index (χ2n) is 15.6. The van der Waals surface area contributed by atoms with Gasteiger partial charge in [0.2, 0.25) is 0 Å². The Morgan fingerprint density at radius 3 is 1.03 bits per heavy atom. The van der Waals surface area contributed by atoms with E-state index in [4.69, 9.17) is 21.7 Å². The molecule has 0 rings (SSSR count). The summed E-state index contributed by atoms with van der Waals surface area (Å²) >= 11 is 2.43. The van der Waals surface area contributed by atoms with Crippen LogP contribution in [-0.4, -0.2) is 90.6 Å². The topological polar surface area (TPSA) is 247 Å². The van der Waals surface area contributed by atoms with Gasteiger partial charge in [0, 0.05) is 36.3 Å². The van der Waals surface area contributed by atoms with E-state index in [1.165, 1.54) is 126 Å². The number of carbonyl (C=O) groups is 4. The van der Waals surface area contributed by atoms with Crippen LogP contribution in [0.5, 0.6) is 0 Å². The number of carboxylic acids is 4. The molecule has 0 aliphatic heterocycles. The van der Waals surface area contributed by atoms with Crippen molar-refractivity contribution < 1.29 is 153 Å². The Balaban J connectivity index is -0.000000526. The molecule has 0 fully saturated rings. The molecule has 0 saturated heterocycles. The fourth-order valence-electron chi connectivity index (χ4n) is 6.02. The van der Waals surface area contributed by atoms with Crippen LogP contribution < -0.4 is 124 Å². The molecule has 0 aliphatic rings. The Morgan fingerprint density at radius 2 is 0.774 bits per heavy atom. The van der Waals surface area contributed by atoms with Crippen molar-refractivity contribution in [3.8, 4) is 23.7 Å². The van der Waals surface area contributed by atoms with E-state index in [1.807, 2.05) is 0 Å². The molecule has 62 heavy (non-hydrogen) atoms. The number of aliphatic hydroxyl groups excluding tert-OH is 2. The van der Waals surface area contributed by atoms with E-state index in [0.29, 0.717) is 12.8 Å². The van der Waals surface area contributed by atoms with Crippen molar-refractivity contribution >= 4 is 47.4 Å². The quantitative estimate of drug-likeness (QED) is 0.0275. The third-order valence-corrected chi connectivity index (χ3v) is 12.5. The maximum atomic E-state index is 10.9. The largest absolute Gasteiger partial charge is 1.00 e. The van der Waals surface area contributed by atoms with Crippen LogP contribution in [0.15, 0.2) is 0 Å². The van der Waals surface area contributed by atoms with Gasteiger partial charge in [-0.2, -0.15) is 0 Å². The molecule has 16 heteroatoms. The summed E-state index contributed by atoms with van der Waals surface area (Å²) in [6, 6.07) is -2.03. The number of unbranched alkanes of at least 4 members (excludes halogenated alkanes) is 20. The Morgan fingerprint density at radius 1 is 0.500 bits per heavy atom. The summed E-state index contributed by atoms with van der Waals surface area (Å²) < 4.78 is 0. The van der Waals surface area contributed by atoms with Crippen molar-refractivity contribution in [1.29, 1.82) is 0 Å². The third-order valence-electron chi connectivity index (χ3n) is 9.80. The first-order chi connectivity index (χ1) is 28.8. The van der Waals surface area contributed by atoms with Gasteiger partial charge in [-0.15, -0.1) is 35.4 Å². The monoisotopic (exact) mass is 962 g/mol. The van der Waals surface area contributed by atoms with Gasteiger partial charge in [0.05, 0.1) is 22.7 Å². The number of carbonyl (C=O) groups excluding carboxylic acids is 2. The summed E-state index contributed by atoms with van der Waals surface area (Å²) in [5.74, 6) is 8.07. The fraction of sp³-hybridized carbons (Fsp3) is 0.826. The van der Waals surface area contributed by atoms with Gasteiger partial charge in [-0.25, -0.2) is 0 Å². The minimum atomic E-state index is -1.15. The zero-order chi connectivity index (χ0) is 45.2. The number of hydrogen-bond acceptors (Lipinski definition) is 12. The molecule has 0 unspecified atom stereocenters. The standard InChI is InChI=1S/2C23H41NO5S.2K/c2*1-2-3-4-5-6-7-8-9-10-11-12-13-16-21(30-18-19(24)23(28)29)20(25)15-14-17-22(26)27;;/h2*19-21,25H,2-12,14-15,17-18,24H2,1H3,(H,26,27)(H,28,29);;/q;;2*+1/p-2/t2*19-,20-,21+;;/m00../s1. The predicted octanol–water partition coefficient (Wildman–Crippen LogP) is 0.199. The Bertz CT molecular complexity index is 1140. The van der Waals surface area contributed by atoms with Crippen LogP contribution >= 0.6 is 23.5 Å². The summed E-state index contributed by atoms with van der Waals surface area (Å²) in [5, 5.41) is 58.6. The number of carboxylic acid groups (broad SMARTS) is 4. The molecule has 0 spiro atoms. The fourth-order valence-corrected chi connectivity index (χ4v) is 8.18. The van der Waals surface area contributed by atoms with Crippen LogP contribution in [0.3, 0.4) is 0 Å². The van der Waals surface area contributed by atoms with Crippen molar-refractivity contribution in [2.75, 3.05) is 11.5 Å². The molecule has 0 radical (unpaired) electrons. The summed E-state index contributed by atoms with van der Waals surface area (Å²) in [4.78, 5) is 42.8. The van der Waals surface area contributed by atoms with Gasteiger partial charge in [0.15, 0.2) is 0 Å². The Kier molecular flexibility index (Phi) is 57.3. The van der Waals surface area contributed by atoms with E-state index in [-0.39, 0.29) is 140 Å². The molecule has 0 amide bonds. The molecular weight excluding hydrogens is 883 g/mol. The van der Waals surface area contributed by atoms with Gasteiger partial charge in [0.25, 0.3) is 0 Å². The molecule has 0 bridgehead atoms. The molecule has 0 heterocycles. The minimum absolute atomic E-state index is 0. The molecule has 0 aromatic rings. The molecular formula is C46H80K2N2O10S2. The first-order valence-electron chi connectivity index (χ1n) is 22.7. The molecule has 0 saturated carbocycles. The SMILES string of the molecule is CCCCCCCCCCCCC#C[C@@H](SC[C@H](N)C(=O)O)[C@@H](O)CCCC(=O)[O-].CCCCCCCCCCCCC#C[C@@H](SC[C@H](N)C(=O)O)[C@@H](O)CCCC(=O)[O-].[K+].[K+]. The van der Waals surface area contributed by atoms with E-state index in [1.54, 1.807) is 0 Å². The van der Waals surface area contributed by atoms with Crippen molar-refractivity contribution in [3.63, 3.8) is 0 Å². The van der Waals surface area contributed by atoms with Crippen molar-refractivity contribution in [1.82, 2.24) is 0 Å². The number of rotatable bonds is 38. The number of thioether (sulfide) groups is 2. The average molecular weight is 963 g/mol. The van der Waals surface area contributed by atoms with E-state index in [0.717, 1.165) is 38.5 Å². The van der Waals surface area contributed by atoms with Crippen LogP contribution in [0, 0.1) is 23.7 Å². The molecule has 0 aromatic carbocycles. The van der Waals surface area contributed by atoms with Crippen molar-refractivity contribution in [2.45, 2.75) is 228 Å². The van der Waals surface area contributed by atoms with E-state index >= 15 is 0 Å². The summed E-state index contributed by atoms with van der Waals surface area (Å²) in [7, 11) is 0. The van der Waals surface area contributed by atoms with Gasteiger partial charge in [0.1, 0.15) is 12.1 Å². The third kappa shape index (κ3) is 48.7. The van der Waals surface area contributed by atoms with Crippen LogP contribution in [0.4, 0.5) is 0 Å². The molecule has 6 atom stereocenters. The maximum absolute atomic E-state index is 10.9. The van der Waals surface area contributed by atoms with Crippen molar-refractivity contribution in [2.24, 2.45) is 11.5 Å². The first kappa shape index (κ1) is 69.4. The smallest absolute Gasteiger partial charge is 0.550 e. The number of nitrogens with two attached hydrogens (primary N) is 2. The van der Waals surface area contributed by atoms with Gasteiger partial charge in [-0.3, -0.25) is 9.59 Å². The van der Waals surface area contributed by atoms with E-state index in [2.05, 4.69) is 37.5 Å². The second kappa shape index (κ2) is 51.2. The maximum Gasteiger partial charge on any atom is 1.00 e. The minimum Gasteiger partial charge on any atom is -0.550 e. The number of aliphatic carboxylic acids is 4. The number of aliphatic hydroxyl groups is 2. The van der Waals surface area contributed by atoms with Crippen LogP contribution in [0.25, 0.3) is 0 Å². The second-order valence-corrected chi connectivity index (χ2v) is 17.9. The Hall–Kier alpha value is 0.813. The molecule has 12 nitrogen and oxygen atoms in total. The van der Waals surface area contributed by atoms with Crippen LogP contribution in [0.1, 0.15) is 194 Å². The summed E-state index contributed by atoms with van der Waals surface area (Å²) in [5.41, 5.74) is 11.1. The summed E-state index contributed by atoms with van der Waals surface area (Å²) in [6.45, 7) is 4.46.